The van der Waals surface area contributed by atoms with Crippen LogP contribution in [0.5, 0.6) is 0 Å². The molecule has 13 heavy (non-hydrogen) atoms. The molecule has 84 valence electrons. The zero-order valence-electron chi connectivity index (χ0n) is 9.48. The molecule has 0 fully saturated rings. The fraction of sp³-hybridized carbons (Fsp3) is 1.00. The Hall–Kier alpha value is 0.568. The molecule has 0 rings (SSSR count). The van der Waals surface area contributed by atoms with Gasteiger partial charge in [0.25, 0.3) is 0 Å². The van der Waals surface area contributed by atoms with E-state index in [-0.39, 0.29) is 39.4 Å². The first-order valence-electron chi connectivity index (χ1n) is 4.24. The van der Waals surface area contributed by atoms with E-state index in [9.17, 15) is 0 Å². The molecule has 0 unspecified atom stereocenters. The van der Waals surface area contributed by atoms with Crippen molar-refractivity contribution in [3.05, 3.63) is 0 Å². The van der Waals surface area contributed by atoms with Gasteiger partial charge in [0.05, 0.1) is 0 Å². The number of aliphatic hydroxyl groups excluding tert-OH is 3. The average Bonchev–Trinajstić information content (AvgIpc) is 1.54. The molecule has 0 aromatic carbocycles. The molecule has 0 heterocycles. The van der Waals surface area contributed by atoms with Crippen molar-refractivity contribution in [3.8, 4) is 0 Å². The molecule has 0 radical (unpaired) electrons. The van der Waals surface area contributed by atoms with E-state index in [0.29, 0.717) is 0 Å². The number of aliphatic hydroxyl groups is 3. The Balaban J connectivity index is -0.0000000450. The summed E-state index contributed by atoms with van der Waals surface area (Å²) in [6, 6.07) is 0. The van der Waals surface area contributed by atoms with Crippen LogP contribution in [0.3, 0.4) is 0 Å². The largest absolute Gasteiger partial charge is 0.394 e. The summed E-state index contributed by atoms with van der Waals surface area (Å²) in [4.78, 5) is 0. The summed E-state index contributed by atoms with van der Waals surface area (Å²) < 4.78 is 0. The summed E-state index contributed by atoms with van der Waals surface area (Å²) in [6.45, 7) is 10.3. The first-order valence-corrected chi connectivity index (χ1v) is 4.24. The Labute approximate surface area is 96.4 Å². The van der Waals surface area contributed by atoms with E-state index >= 15 is 0 Å². The van der Waals surface area contributed by atoms with Gasteiger partial charge in [-0.25, -0.2) is 0 Å². The molecule has 0 saturated carbocycles. The van der Waals surface area contributed by atoms with E-state index < -0.39 is 0 Å². The van der Waals surface area contributed by atoms with Gasteiger partial charge in [0, 0.05) is 39.4 Å². The van der Waals surface area contributed by atoms with Gasteiger partial charge in [-0.2, -0.15) is 0 Å². The van der Waals surface area contributed by atoms with Gasteiger partial charge < -0.3 is 15.3 Å². The molecule has 0 saturated heterocycles. The van der Waals surface area contributed by atoms with Crippen LogP contribution in [0.4, 0.5) is 0 Å². The zero-order chi connectivity index (χ0) is 10.7. The van der Waals surface area contributed by atoms with Crippen molar-refractivity contribution in [2.75, 3.05) is 0 Å². The molecule has 0 atom stereocenters. The molecule has 0 amide bonds. The van der Waals surface area contributed by atoms with Crippen LogP contribution in [0.1, 0.15) is 41.5 Å². The van der Waals surface area contributed by atoms with Gasteiger partial charge in [-0.05, 0) is 41.5 Å². The zero-order valence-corrected chi connectivity index (χ0v) is 12.4. The van der Waals surface area contributed by atoms with Gasteiger partial charge in [-0.3, -0.25) is 0 Å². The predicted octanol–water partition coefficient (Wildman–Crippen LogP) is 1.16. The molecule has 0 bridgehead atoms. The molecule has 3 nitrogen and oxygen atoms in total. The van der Waals surface area contributed by atoms with Crippen LogP contribution in [0.2, 0.25) is 0 Å². The van der Waals surface area contributed by atoms with E-state index in [4.69, 9.17) is 15.3 Å². The van der Waals surface area contributed by atoms with E-state index in [1.54, 1.807) is 41.5 Å². The van der Waals surface area contributed by atoms with Crippen LogP contribution in [-0.4, -0.2) is 33.6 Å². The standard InChI is InChI=1S/3C3H8O.W/c3*1-3(2)4;/h3*3-4H,1-2H3;. The Bertz CT molecular complexity index is 43.4. The van der Waals surface area contributed by atoms with Gasteiger partial charge in [-0.15, -0.1) is 0 Å². The van der Waals surface area contributed by atoms with Crippen LogP contribution >= 0.6 is 0 Å². The van der Waals surface area contributed by atoms with Crippen molar-refractivity contribution >= 4 is 0 Å². The molecule has 0 aliphatic carbocycles. The quantitative estimate of drug-likeness (QED) is 0.605. The molecule has 4 heteroatoms. The second-order valence-corrected chi connectivity index (χ2v) is 3.28. The third-order valence-corrected chi connectivity index (χ3v) is 0. The van der Waals surface area contributed by atoms with Crippen molar-refractivity contribution in [2.24, 2.45) is 0 Å². The van der Waals surface area contributed by atoms with Gasteiger partial charge in [0.15, 0.2) is 0 Å². The molecule has 0 aliphatic rings. The summed E-state index contributed by atoms with van der Waals surface area (Å²) in [5.41, 5.74) is 0. The van der Waals surface area contributed by atoms with Gasteiger partial charge in [0.2, 0.25) is 0 Å². The Morgan fingerprint density at radius 2 is 0.538 bits per heavy atom. The SMILES string of the molecule is CC(C)O.CC(C)O.CC(C)O.[W]. The molecule has 0 aromatic heterocycles. The van der Waals surface area contributed by atoms with Crippen LogP contribution in [0, 0.1) is 0 Å². The fourth-order valence-electron chi connectivity index (χ4n) is 0. The maximum Gasteiger partial charge on any atom is 0.0483 e. The third kappa shape index (κ3) is 4350. The topological polar surface area (TPSA) is 60.7 Å². The van der Waals surface area contributed by atoms with Crippen molar-refractivity contribution in [2.45, 2.75) is 59.9 Å². The minimum Gasteiger partial charge on any atom is -0.394 e. The fourth-order valence-corrected chi connectivity index (χ4v) is 0. The summed E-state index contributed by atoms with van der Waals surface area (Å²) in [7, 11) is 0. The summed E-state index contributed by atoms with van der Waals surface area (Å²) >= 11 is 0. The Morgan fingerprint density at radius 1 is 0.538 bits per heavy atom. The van der Waals surface area contributed by atoms with E-state index in [0.717, 1.165) is 0 Å². The van der Waals surface area contributed by atoms with Crippen LogP contribution in [0.25, 0.3) is 0 Å². The van der Waals surface area contributed by atoms with Crippen molar-refractivity contribution in [3.63, 3.8) is 0 Å². The summed E-state index contributed by atoms with van der Waals surface area (Å²) in [5.74, 6) is 0. The Kier molecular flexibility index (Phi) is 33.1. The molecule has 0 aromatic rings. The van der Waals surface area contributed by atoms with Crippen LogP contribution in [0.15, 0.2) is 0 Å². The smallest absolute Gasteiger partial charge is 0.0483 e. The van der Waals surface area contributed by atoms with Gasteiger partial charge in [-0.1, -0.05) is 0 Å². The normalized spacial score (nSPS) is 8.31. The number of rotatable bonds is 0. The number of hydrogen-bond acceptors (Lipinski definition) is 3. The van der Waals surface area contributed by atoms with E-state index in [1.165, 1.54) is 0 Å². The molecule has 3 N–H and O–H groups in total. The van der Waals surface area contributed by atoms with Crippen molar-refractivity contribution in [1.82, 2.24) is 0 Å². The summed E-state index contributed by atoms with van der Waals surface area (Å²) in [6.07, 6.45) is -0.500. The van der Waals surface area contributed by atoms with Crippen LogP contribution < -0.4 is 0 Å². The van der Waals surface area contributed by atoms with Crippen LogP contribution in [-0.2, 0) is 21.1 Å². The molecule has 0 spiro atoms. The predicted molar refractivity (Wildman–Crippen MR) is 52.1 cm³/mol. The van der Waals surface area contributed by atoms with Gasteiger partial charge in [0.1, 0.15) is 0 Å². The van der Waals surface area contributed by atoms with E-state index in [2.05, 4.69) is 0 Å². The second kappa shape index (κ2) is 18.4. The number of hydrogen-bond donors (Lipinski definition) is 3. The minimum absolute atomic E-state index is 0. The first-order chi connectivity index (χ1) is 5.20. The average molecular weight is 364 g/mol. The maximum atomic E-state index is 8.06. The van der Waals surface area contributed by atoms with Gasteiger partial charge >= 0.3 is 0 Å². The molecular weight excluding hydrogens is 340 g/mol. The molecular formula is C9H24O3W. The molecule has 0 aliphatic heterocycles. The minimum atomic E-state index is -0.167. The van der Waals surface area contributed by atoms with Crippen molar-refractivity contribution in [1.29, 1.82) is 0 Å². The first kappa shape index (κ1) is 23.4. The third-order valence-electron chi connectivity index (χ3n) is 0. The second-order valence-electron chi connectivity index (χ2n) is 3.28. The maximum absolute atomic E-state index is 8.06. The monoisotopic (exact) mass is 364 g/mol. The Morgan fingerprint density at radius 3 is 0.538 bits per heavy atom. The van der Waals surface area contributed by atoms with Crippen molar-refractivity contribution < 1.29 is 36.4 Å². The van der Waals surface area contributed by atoms with E-state index in [1.807, 2.05) is 0 Å². The summed E-state index contributed by atoms with van der Waals surface area (Å²) in [5, 5.41) is 24.2.